The number of para-hydroxylation sites is 1. The first kappa shape index (κ1) is 15.3. The largest absolute Gasteiger partial charge is 0.355 e. The van der Waals surface area contributed by atoms with E-state index in [2.05, 4.69) is 24.1 Å². The second-order valence-electron chi connectivity index (χ2n) is 6.16. The highest BCUT2D eigenvalue weighted by molar-refractivity contribution is 8.00. The maximum Gasteiger partial charge on any atom is 0.230 e. The number of carbonyl (C=O) groups excluding carboxylic acids is 1. The van der Waals surface area contributed by atoms with Crippen molar-refractivity contribution in [2.24, 2.45) is 5.92 Å². The lowest BCUT2D eigenvalue weighted by Crippen LogP contribution is -2.28. The molecule has 1 aromatic carbocycles. The molecule has 0 radical (unpaired) electrons. The van der Waals surface area contributed by atoms with Crippen LogP contribution in [0.15, 0.2) is 29.3 Å². The van der Waals surface area contributed by atoms with Gasteiger partial charge in [-0.3, -0.25) is 4.79 Å². The van der Waals surface area contributed by atoms with Gasteiger partial charge in [0, 0.05) is 17.8 Å². The standard InChI is InChI=1S/C17H21N3OS/c1-11(2)9-18-15(21)10-22-17-13-5-3-4-6-14(13)19-16(20-17)12-7-8-12/h3-6,11-12H,7-10H2,1-2H3,(H,18,21). The van der Waals surface area contributed by atoms with Crippen LogP contribution in [0.4, 0.5) is 0 Å². The minimum Gasteiger partial charge on any atom is -0.355 e. The molecule has 0 aliphatic heterocycles. The molecule has 4 nitrogen and oxygen atoms in total. The number of carbonyl (C=O) groups is 1. The molecule has 2 aromatic rings. The number of hydrogen-bond donors (Lipinski definition) is 1. The van der Waals surface area contributed by atoms with E-state index in [9.17, 15) is 4.79 Å². The Morgan fingerprint density at radius 3 is 2.82 bits per heavy atom. The van der Waals surface area contributed by atoms with E-state index in [0.29, 0.717) is 17.6 Å². The maximum absolute atomic E-state index is 11.9. The number of fused-ring (bicyclic) bond motifs is 1. The van der Waals surface area contributed by atoms with Crippen LogP contribution in [0.3, 0.4) is 0 Å². The molecule has 1 N–H and O–H groups in total. The summed E-state index contributed by atoms with van der Waals surface area (Å²) in [6, 6.07) is 8.04. The van der Waals surface area contributed by atoms with Crippen molar-refractivity contribution in [2.45, 2.75) is 37.6 Å². The van der Waals surface area contributed by atoms with Crippen LogP contribution in [0, 0.1) is 5.92 Å². The van der Waals surface area contributed by atoms with E-state index in [-0.39, 0.29) is 5.91 Å². The van der Waals surface area contributed by atoms with E-state index in [1.807, 2.05) is 24.3 Å². The molecule has 1 saturated carbocycles. The minimum atomic E-state index is 0.0642. The molecule has 1 heterocycles. The number of nitrogens with one attached hydrogen (secondary N) is 1. The van der Waals surface area contributed by atoms with Crippen molar-refractivity contribution in [3.05, 3.63) is 30.1 Å². The number of benzene rings is 1. The van der Waals surface area contributed by atoms with Gasteiger partial charge >= 0.3 is 0 Å². The third-order valence-corrected chi connectivity index (χ3v) is 4.57. The highest BCUT2D eigenvalue weighted by Crippen LogP contribution is 2.39. The third kappa shape index (κ3) is 3.77. The molecular weight excluding hydrogens is 294 g/mol. The van der Waals surface area contributed by atoms with Crippen molar-refractivity contribution in [3.63, 3.8) is 0 Å². The van der Waals surface area contributed by atoms with Crippen LogP contribution in [0.2, 0.25) is 0 Å². The van der Waals surface area contributed by atoms with Gasteiger partial charge in [0.05, 0.1) is 11.3 Å². The van der Waals surface area contributed by atoms with Crippen molar-refractivity contribution in [2.75, 3.05) is 12.3 Å². The predicted molar refractivity (Wildman–Crippen MR) is 90.1 cm³/mol. The molecule has 0 unspecified atom stereocenters. The Kier molecular flexibility index (Phi) is 4.62. The number of thioether (sulfide) groups is 1. The molecule has 1 aliphatic rings. The summed E-state index contributed by atoms with van der Waals surface area (Å²) in [7, 11) is 0. The molecule has 0 atom stereocenters. The van der Waals surface area contributed by atoms with Gasteiger partial charge in [-0.25, -0.2) is 9.97 Å². The highest BCUT2D eigenvalue weighted by Gasteiger charge is 2.27. The van der Waals surface area contributed by atoms with E-state index in [4.69, 9.17) is 4.98 Å². The second-order valence-corrected chi connectivity index (χ2v) is 7.13. The van der Waals surface area contributed by atoms with Crippen molar-refractivity contribution in [1.82, 2.24) is 15.3 Å². The summed E-state index contributed by atoms with van der Waals surface area (Å²) in [5.74, 6) is 2.38. The summed E-state index contributed by atoms with van der Waals surface area (Å²) < 4.78 is 0. The Morgan fingerprint density at radius 1 is 1.32 bits per heavy atom. The summed E-state index contributed by atoms with van der Waals surface area (Å²) in [4.78, 5) is 21.3. The fourth-order valence-corrected chi connectivity index (χ4v) is 3.06. The molecule has 0 spiro atoms. The second kappa shape index (κ2) is 6.65. The molecule has 3 rings (SSSR count). The molecule has 0 saturated heterocycles. The molecule has 1 aromatic heterocycles. The quantitative estimate of drug-likeness (QED) is 0.656. The Labute approximate surface area is 135 Å². The van der Waals surface area contributed by atoms with Crippen LogP contribution in [0.25, 0.3) is 10.9 Å². The van der Waals surface area contributed by atoms with Crippen LogP contribution in [0.5, 0.6) is 0 Å². The van der Waals surface area contributed by atoms with Gasteiger partial charge in [-0.15, -0.1) is 0 Å². The van der Waals surface area contributed by atoms with Gasteiger partial charge in [-0.2, -0.15) is 0 Å². The first-order chi connectivity index (χ1) is 10.6. The van der Waals surface area contributed by atoms with Crippen LogP contribution in [0.1, 0.15) is 38.4 Å². The molecule has 5 heteroatoms. The lowest BCUT2D eigenvalue weighted by atomic mass is 10.2. The van der Waals surface area contributed by atoms with E-state index in [1.54, 1.807) is 0 Å². The summed E-state index contributed by atoms with van der Waals surface area (Å²) >= 11 is 1.51. The summed E-state index contributed by atoms with van der Waals surface area (Å²) in [6.07, 6.45) is 2.36. The molecule has 116 valence electrons. The molecule has 1 aliphatic carbocycles. The average molecular weight is 315 g/mol. The van der Waals surface area contributed by atoms with Crippen LogP contribution in [-0.4, -0.2) is 28.2 Å². The zero-order valence-electron chi connectivity index (χ0n) is 13.0. The molecule has 0 bridgehead atoms. The molecular formula is C17H21N3OS. The van der Waals surface area contributed by atoms with Crippen molar-refractivity contribution in [3.8, 4) is 0 Å². The molecule has 1 fully saturated rings. The van der Waals surface area contributed by atoms with Crippen molar-refractivity contribution in [1.29, 1.82) is 0 Å². The zero-order chi connectivity index (χ0) is 15.5. The average Bonchev–Trinajstić information content (AvgIpc) is 3.35. The van der Waals surface area contributed by atoms with Gasteiger partial charge in [-0.1, -0.05) is 43.8 Å². The Hall–Kier alpha value is -1.62. The first-order valence-corrected chi connectivity index (χ1v) is 8.78. The molecule has 22 heavy (non-hydrogen) atoms. The van der Waals surface area contributed by atoms with Gasteiger partial charge in [0.2, 0.25) is 5.91 Å². The number of hydrogen-bond acceptors (Lipinski definition) is 4. The maximum atomic E-state index is 11.9. The first-order valence-electron chi connectivity index (χ1n) is 7.79. The van der Waals surface area contributed by atoms with E-state index in [1.165, 1.54) is 24.6 Å². The topological polar surface area (TPSA) is 54.9 Å². The zero-order valence-corrected chi connectivity index (χ0v) is 13.8. The SMILES string of the molecule is CC(C)CNC(=O)CSc1nc(C2CC2)nc2ccccc12. The Balaban J connectivity index is 1.75. The van der Waals surface area contributed by atoms with E-state index >= 15 is 0 Å². The summed E-state index contributed by atoms with van der Waals surface area (Å²) in [5.41, 5.74) is 0.976. The third-order valence-electron chi connectivity index (χ3n) is 3.58. The van der Waals surface area contributed by atoms with Crippen LogP contribution >= 0.6 is 11.8 Å². The van der Waals surface area contributed by atoms with E-state index in [0.717, 1.165) is 28.3 Å². The normalized spacial score (nSPS) is 14.5. The number of nitrogens with zero attached hydrogens (tertiary/aromatic N) is 2. The number of rotatable bonds is 6. The summed E-state index contributed by atoms with van der Waals surface area (Å²) in [5, 5.41) is 4.91. The van der Waals surface area contributed by atoms with Gasteiger partial charge in [-0.05, 0) is 24.8 Å². The molecule has 1 amide bonds. The Morgan fingerprint density at radius 2 is 2.09 bits per heavy atom. The summed E-state index contributed by atoms with van der Waals surface area (Å²) in [6.45, 7) is 4.90. The smallest absolute Gasteiger partial charge is 0.230 e. The fourth-order valence-electron chi connectivity index (χ4n) is 2.20. The van der Waals surface area contributed by atoms with Crippen LogP contribution in [-0.2, 0) is 4.79 Å². The van der Waals surface area contributed by atoms with Gasteiger partial charge in [0.15, 0.2) is 0 Å². The number of amides is 1. The van der Waals surface area contributed by atoms with Crippen molar-refractivity contribution < 1.29 is 4.79 Å². The Bertz CT molecular complexity index is 683. The fraction of sp³-hybridized carbons (Fsp3) is 0.471. The van der Waals surface area contributed by atoms with Gasteiger partial charge in [0.25, 0.3) is 0 Å². The van der Waals surface area contributed by atoms with Gasteiger partial charge < -0.3 is 5.32 Å². The number of aromatic nitrogens is 2. The van der Waals surface area contributed by atoms with Crippen molar-refractivity contribution >= 4 is 28.6 Å². The minimum absolute atomic E-state index is 0.0642. The van der Waals surface area contributed by atoms with Crippen LogP contribution < -0.4 is 5.32 Å². The van der Waals surface area contributed by atoms with E-state index < -0.39 is 0 Å². The lowest BCUT2D eigenvalue weighted by molar-refractivity contribution is -0.118. The van der Waals surface area contributed by atoms with Gasteiger partial charge in [0.1, 0.15) is 10.9 Å². The monoisotopic (exact) mass is 315 g/mol. The highest BCUT2D eigenvalue weighted by atomic mass is 32.2. The lowest BCUT2D eigenvalue weighted by Gasteiger charge is -2.09. The predicted octanol–water partition coefficient (Wildman–Crippen LogP) is 3.37.